The van der Waals surface area contributed by atoms with Crippen molar-refractivity contribution in [3.05, 3.63) is 124 Å². The van der Waals surface area contributed by atoms with Gasteiger partial charge in [-0.2, -0.15) is 5.10 Å². The van der Waals surface area contributed by atoms with Crippen molar-refractivity contribution in [1.82, 2.24) is 35.6 Å². The van der Waals surface area contributed by atoms with Crippen LogP contribution in [0.25, 0.3) is 21.3 Å². The predicted molar refractivity (Wildman–Crippen MR) is 299 cm³/mol. The molecule has 0 radical (unpaired) electrons. The van der Waals surface area contributed by atoms with Crippen molar-refractivity contribution in [2.24, 2.45) is 5.41 Å². The lowest BCUT2D eigenvalue weighted by Crippen LogP contribution is -2.58. The Bertz CT molecular complexity index is 3150. The monoisotopic (exact) mass is 1120 g/mol. The molecule has 5 heterocycles. The molecule has 9 rings (SSSR count). The Morgan fingerprint density at radius 1 is 0.875 bits per heavy atom. The van der Waals surface area contributed by atoms with Crippen molar-refractivity contribution in [2.45, 2.75) is 84.2 Å². The summed E-state index contributed by atoms with van der Waals surface area (Å²) in [6.45, 7) is 10.2. The van der Waals surface area contributed by atoms with Gasteiger partial charge in [-0.1, -0.05) is 51.1 Å². The van der Waals surface area contributed by atoms with Gasteiger partial charge in [0.25, 0.3) is 5.91 Å². The number of benzene rings is 4. The molecule has 2 aromatic heterocycles. The van der Waals surface area contributed by atoms with Crippen LogP contribution in [-0.4, -0.2) is 156 Å². The first-order valence-electron chi connectivity index (χ1n) is 26.9. The lowest BCUT2D eigenvalue weighted by molar-refractivity contribution is -0.144. The van der Waals surface area contributed by atoms with E-state index >= 15 is 0 Å². The number of nitrogens with one attached hydrogen (secondary N) is 5. The number of halogens is 2. The Morgan fingerprint density at radius 2 is 1.59 bits per heavy atom. The number of aromatic nitrogens is 3. The molecule has 424 valence electrons. The number of piperazine rings is 1. The number of ether oxygens (including phenoxy) is 3. The van der Waals surface area contributed by atoms with Crippen molar-refractivity contribution in [3.8, 4) is 10.4 Å². The first-order valence-corrected chi connectivity index (χ1v) is 27.8. The Labute approximate surface area is 466 Å². The quantitative estimate of drug-likeness (QED) is 0.0469. The molecule has 22 heteroatoms. The molecule has 0 aliphatic carbocycles. The van der Waals surface area contributed by atoms with Crippen molar-refractivity contribution in [3.63, 3.8) is 0 Å². The number of aryl methyl sites for hydroxylation is 1. The Morgan fingerprint density at radius 3 is 2.29 bits per heavy atom. The number of nitrogens with zero attached hydrogens (tertiary/aromatic N) is 5. The summed E-state index contributed by atoms with van der Waals surface area (Å²) in [5.41, 5.74) is 7.77. The number of carbonyl (C=O) groups excluding carboxylic acids is 5. The summed E-state index contributed by atoms with van der Waals surface area (Å²) in [5.74, 6) is -3.00. The van der Waals surface area contributed by atoms with E-state index in [9.17, 15) is 37.9 Å². The largest absolute Gasteiger partial charge is 0.391 e. The molecule has 0 unspecified atom stereocenters. The van der Waals surface area contributed by atoms with E-state index in [1.54, 1.807) is 48.6 Å². The minimum atomic E-state index is -1.03. The van der Waals surface area contributed by atoms with Gasteiger partial charge in [0.05, 0.1) is 46.5 Å². The van der Waals surface area contributed by atoms with Crippen LogP contribution in [0.4, 0.5) is 26.0 Å². The predicted octanol–water partition coefficient (Wildman–Crippen LogP) is 6.20. The highest BCUT2D eigenvalue weighted by Crippen LogP contribution is 2.32. The highest BCUT2D eigenvalue weighted by Gasteiger charge is 2.44. The topological polar surface area (TPSA) is 233 Å². The van der Waals surface area contributed by atoms with E-state index in [0.29, 0.717) is 72.9 Å². The van der Waals surface area contributed by atoms with Crippen molar-refractivity contribution in [1.29, 1.82) is 0 Å². The number of fused-ring (bicyclic) bond motifs is 1. The van der Waals surface area contributed by atoms with E-state index in [1.807, 2.05) is 61.5 Å². The van der Waals surface area contributed by atoms with Gasteiger partial charge in [-0.15, -0.1) is 11.3 Å². The molecule has 3 fully saturated rings. The van der Waals surface area contributed by atoms with E-state index < -0.39 is 53.0 Å². The number of β-amino-alcohol motifs (C(OH)–C–C–N with tert-alkyl or cyclic N) is 1. The zero-order valence-electron chi connectivity index (χ0n) is 45.3. The number of carbonyl (C=O) groups is 5. The normalized spacial score (nSPS) is 17.4. The smallest absolute Gasteiger partial charge is 0.258 e. The van der Waals surface area contributed by atoms with Crippen LogP contribution in [0.2, 0.25) is 0 Å². The van der Waals surface area contributed by atoms with Crippen molar-refractivity contribution in [2.75, 3.05) is 87.9 Å². The van der Waals surface area contributed by atoms with E-state index in [1.165, 1.54) is 17.0 Å². The molecule has 0 bridgehead atoms. The fraction of sp³-hybridized carbons (Fsp3) is 0.431. The number of rotatable bonds is 20. The average molecular weight is 1120 g/mol. The number of anilines is 3. The lowest BCUT2D eigenvalue weighted by Gasteiger charge is -2.36. The van der Waals surface area contributed by atoms with Gasteiger partial charge >= 0.3 is 0 Å². The molecule has 0 saturated carbocycles. The Balaban J connectivity index is 0.718. The van der Waals surface area contributed by atoms with Gasteiger partial charge in [-0.3, -0.25) is 29.1 Å². The van der Waals surface area contributed by atoms with Gasteiger partial charge in [0.15, 0.2) is 5.82 Å². The molecule has 3 aliphatic heterocycles. The van der Waals surface area contributed by atoms with Crippen LogP contribution >= 0.6 is 11.3 Å². The number of likely N-dealkylation sites (tertiary alicyclic amines) is 1. The second-order valence-corrected chi connectivity index (χ2v) is 22.4. The molecular weight excluding hydrogens is 1050 g/mol. The first-order chi connectivity index (χ1) is 38.4. The molecule has 6 aromatic rings. The summed E-state index contributed by atoms with van der Waals surface area (Å²) in [6, 6.07) is 20.4. The fourth-order valence-corrected chi connectivity index (χ4v) is 11.0. The van der Waals surface area contributed by atoms with Crippen LogP contribution in [0.5, 0.6) is 0 Å². The third-order valence-corrected chi connectivity index (χ3v) is 15.5. The maximum Gasteiger partial charge on any atom is 0.258 e. The molecule has 3 saturated heterocycles. The summed E-state index contributed by atoms with van der Waals surface area (Å²) in [5, 5.41) is 30.8. The molecule has 80 heavy (non-hydrogen) atoms. The maximum atomic E-state index is 14.1. The Hall–Kier alpha value is -7.37. The third kappa shape index (κ3) is 14.5. The highest BCUT2D eigenvalue weighted by atomic mass is 32.1. The molecule has 6 N–H and O–H groups in total. The summed E-state index contributed by atoms with van der Waals surface area (Å²) in [4.78, 5) is 78.7. The molecule has 3 atom stereocenters. The van der Waals surface area contributed by atoms with Gasteiger partial charge in [-0.25, -0.2) is 13.8 Å². The van der Waals surface area contributed by atoms with Gasteiger partial charge in [-0.05, 0) is 96.3 Å². The fourth-order valence-electron chi connectivity index (χ4n) is 10.2. The van der Waals surface area contributed by atoms with Crippen LogP contribution in [0.3, 0.4) is 0 Å². The van der Waals surface area contributed by atoms with Gasteiger partial charge in [0.2, 0.25) is 23.6 Å². The van der Waals surface area contributed by atoms with E-state index in [2.05, 4.69) is 41.3 Å². The minimum Gasteiger partial charge on any atom is -0.391 e. The standard InChI is InChI=1S/C58H68F2N10O9S/c1-35-52(80-34-62-35)39-8-5-36(6-9-39)30-61-56(75)49-29-44(71)31-70(49)57(76)53(58(2,3)4)64-50(72)32-78-21-22-79-33-51(73)69-17-15-68(16-18-69)43-10-11-45(48(28-43)63-42-13-19-77-20-14-42)55(74)65-54-46-26-37(7-12-47(46)66-67-54)23-38-24-40(59)27-41(60)25-38/h5-12,24-28,34,42,44,49,53,63,71H,13-23,29-33H2,1-4H3,(H,61,75)(H,64,72)(H2,65,66,67,74)/t44-,49+,53-/m1/s1. The average Bonchev–Trinajstić information content (AvgIpc) is 4.24. The zero-order chi connectivity index (χ0) is 56.5. The second kappa shape index (κ2) is 25.8. The van der Waals surface area contributed by atoms with E-state index in [-0.39, 0.29) is 70.2 Å². The molecule has 0 spiro atoms. The third-order valence-electron chi connectivity index (χ3n) is 14.6. The van der Waals surface area contributed by atoms with Gasteiger partial charge < -0.3 is 55.3 Å². The summed E-state index contributed by atoms with van der Waals surface area (Å²) in [7, 11) is 0. The highest BCUT2D eigenvalue weighted by molar-refractivity contribution is 7.13. The Kier molecular flexibility index (Phi) is 18.5. The number of thiazole rings is 1. The zero-order valence-corrected chi connectivity index (χ0v) is 46.1. The van der Waals surface area contributed by atoms with E-state index in [4.69, 9.17) is 14.2 Å². The number of amides is 5. The number of hydrogen-bond acceptors (Lipinski definition) is 14. The SMILES string of the molecule is Cc1ncsc1-c1ccc(CNC(=O)[C@@H]2C[C@@H](O)CN2C(=O)[C@@H](NC(=O)COCCOCC(=O)N2CCN(c3ccc(C(=O)Nc4n[nH]c5ccc(Cc6cc(F)cc(F)c6)cc45)c(NC4CCOCC4)c3)CC2)C(C)(C)C)cc1. The molecule has 19 nitrogen and oxygen atoms in total. The molecule has 3 aliphatic rings. The van der Waals surface area contributed by atoms with Crippen LogP contribution < -0.4 is 26.2 Å². The number of aliphatic hydroxyl groups is 1. The number of hydrogen-bond donors (Lipinski definition) is 6. The maximum absolute atomic E-state index is 14.1. The van der Waals surface area contributed by atoms with Crippen LogP contribution in [0.15, 0.2) is 84.4 Å². The number of H-pyrrole nitrogens is 1. The van der Waals surface area contributed by atoms with Crippen molar-refractivity contribution < 1.29 is 52.1 Å². The summed E-state index contributed by atoms with van der Waals surface area (Å²) >= 11 is 1.56. The molecule has 5 amide bonds. The van der Waals surface area contributed by atoms with Gasteiger partial charge in [0, 0.05) is 87.8 Å². The van der Waals surface area contributed by atoms with E-state index in [0.717, 1.165) is 51.9 Å². The lowest BCUT2D eigenvalue weighted by atomic mass is 9.85. The van der Waals surface area contributed by atoms with Crippen LogP contribution in [-0.2, 0) is 46.4 Å². The minimum absolute atomic E-state index is 0.00947. The van der Waals surface area contributed by atoms with Gasteiger partial charge in [0.1, 0.15) is 36.9 Å². The summed E-state index contributed by atoms with van der Waals surface area (Å²) < 4.78 is 44.7. The number of aromatic amines is 1. The number of aliphatic hydroxyl groups excluding tert-OH is 1. The first kappa shape index (κ1) is 57.3. The van der Waals surface area contributed by atoms with Crippen LogP contribution in [0.1, 0.15) is 72.8 Å². The molecular formula is C58H68F2N10O9S. The summed E-state index contributed by atoms with van der Waals surface area (Å²) in [6.07, 6.45) is 0.961. The second-order valence-electron chi connectivity index (χ2n) is 21.5. The molecule has 4 aromatic carbocycles. The van der Waals surface area contributed by atoms with Crippen molar-refractivity contribution >= 4 is 69.0 Å². The van der Waals surface area contributed by atoms with Crippen LogP contribution in [0, 0.1) is 24.0 Å².